The highest BCUT2D eigenvalue weighted by atomic mass is 16.4. The molecule has 0 bridgehead atoms. The fourth-order valence-electron chi connectivity index (χ4n) is 2.51. The zero-order chi connectivity index (χ0) is 12.0. The van der Waals surface area contributed by atoms with Crippen LogP contribution >= 0.6 is 0 Å². The molecule has 0 saturated carbocycles. The van der Waals surface area contributed by atoms with Gasteiger partial charge in [-0.15, -0.1) is 0 Å². The molecule has 92 valence electrons. The summed E-state index contributed by atoms with van der Waals surface area (Å²) >= 11 is 0. The third kappa shape index (κ3) is 3.10. The van der Waals surface area contributed by atoms with Gasteiger partial charge in [-0.1, -0.05) is 44.8 Å². The number of rotatable bonds is 6. The van der Waals surface area contributed by atoms with Crippen LogP contribution in [0.3, 0.4) is 0 Å². The van der Waals surface area contributed by atoms with Gasteiger partial charge in [0, 0.05) is 0 Å². The lowest BCUT2D eigenvalue weighted by molar-refractivity contribution is -0.151. The molecule has 1 aliphatic rings. The highest BCUT2D eigenvalue weighted by Gasteiger charge is 2.40. The van der Waals surface area contributed by atoms with Gasteiger partial charge in [-0.25, -0.2) is 0 Å². The molecule has 0 aliphatic heterocycles. The SMILES string of the molecule is CCCCCCC1C=CCCC1(C)C(=O)O. The summed E-state index contributed by atoms with van der Waals surface area (Å²) in [7, 11) is 0. The smallest absolute Gasteiger partial charge is 0.309 e. The summed E-state index contributed by atoms with van der Waals surface area (Å²) < 4.78 is 0. The number of aliphatic carboxylic acids is 1. The fourth-order valence-corrected chi connectivity index (χ4v) is 2.51. The van der Waals surface area contributed by atoms with E-state index in [0.717, 1.165) is 25.7 Å². The zero-order valence-electron chi connectivity index (χ0n) is 10.5. The van der Waals surface area contributed by atoms with Crippen molar-refractivity contribution in [3.8, 4) is 0 Å². The lowest BCUT2D eigenvalue weighted by Gasteiger charge is -2.34. The van der Waals surface area contributed by atoms with Gasteiger partial charge in [-0.3, -0.25) is 4.79 Å². The van der Waals surface area contributed by atoms with E-state index in [1.165, 1.54) is 19.3 Å². The first-order valence-electron chi connectivity index (χ1n) is 6.51. The van der Waals surface area contributed by atoms with Crippen molar-refractivity contribution in [2.24, 2.45) is 11.3 Å². The fraction of sp³-hybridized carbons (Fsp3) is 0.786. The number of unbranched alkanes of at least 4 members (excludes halogenated alkanes) is 3. The molecule has 0 spiro atoms. The lowest BCUT2D eigenvalue weighted by Crippen LogP contribution is -2.36. The molecule has 0 aromatic heterocycles. The average molecular weight is 224 g/mol. The van der Waals surface area contributed by atoms with E-state index in [1.807, 2.05) is 6.92 Å². The van der Waals surface area contributed by atoms with Crippen LogP contribution in [0, 0.1) is 11.3 Å². The summed E-state index contributed by atoms with van der Waals surface area (Å²) in [6.45, 7) is 4.10. The second-order valence-corrected chi connectivity index (χ2v) is 5.15. The number of carboxylic acids is 1. The van der Waals surface area contributed by atoms with Crippen LogP contribution < -0.4 is 0 Å². The van der Waals surface area contributed by atoms with E-state index in [9.17, 15) is 9.90 Å². The normalized spacial score (nSPS) is 29.2. The van der Waals surface area contributed by atoms with E-state index in [4.69, 9.17) is 0 Å². The van der Waals surface area contributed by atoms with Crippen molar-refractivity contribution < 1.29 is 9.90 Å². The molecule has 0 aromatic carbocycles. The maximum Gasteiger partial charge on any atom is 0.309 e. The van der Waals surface area contributed by atoms with Gasteiger partial charge in [0.2, 0.25) is 0 Å². The van der Waals surface area contributed by atoms with Gasteiger partial charge in [0.05, 0.1) is 5.41 Å². The molecule has 2 nitrogen and oxygen atoms in total. The summed E-state index contributed by atoms with van der Waals surface area (Å²) in [4.78, 5) is 11.3. The Morgan fingerprint density at radius 3 is 2.81 bits per heavy atom. The van der Waals surface area contributed by atoms with Gasteiger partial charge in [0.25, 0.3) is 0 Å². The molecule has 0 heterocycles. The Balaban J connectivity index is 2.51. The van der Waals surface area contributed by atoms with Crippen LogP contribution in [0.25, 0.3) is 0 Å². The third-order valence-corrected chi connectivity index (χ3v) is 3.87. The van der Waals surface area contributed by atoms with E-state index in [0.29, 0.717) is 0 Å². The predicted octanol–water partition coefficient (Wildman–Crippen LogP) is 4.01. The molecular weight excluding hydrogens is 200 g/mol. The van der Waals surface area contributed by atoms with Crippen LogP contribution in [0.1, 0.15) is 58.8 Å². The first-order chi connectivity index (χ1) is 7.61. The minimum atomic E-state index is -0.627. The van der Waals surface area contributed by atoms with Crippen LogP contribution in [-0.2, 0) is 4.79 Å². The van der Waals surface area contributed by atoms with Crippen LogP contribution in [0.4, 0.5) is 0 Å². The van der Waals surface area contributed by atoms with E-state index in [-0.39, 0.29) is 5.92 Å². The molecule has 0 radical (unpaired) electrons. The molecule has 1 N–H and O–H groups in total. The number of carbonyl (C=O) groups is 1. The summed E-state index contributed by atoms with van der Waals surface area (Å²) in [6.07, 6.45) is 11.9. The Labute approximate surface area is 98.7 Å². The van der Waals surface area contributed by atoms with Gasteiger partial charge < -0.3 is 5.11 Å². The maximum absolute atomic E-state index is 11.3. The number of hydrogen-bond acceptors (Lipinski definition) is 1. The van der Waals surface area contributed by atoms with Crippen LogP contribution in [0.2, 0.25) is 0 Å². The second-order valence-electron chi connectivity index (χ2n) is 5.15. The summed E-state index contributed by atoms with van der Waals surface area (Å²) in [5, 5.41) is 9.34. The van der Waals surface area contributed by atoms with Gasteiger partial charge in [0.1, 0.15) is 0 Å². The van der Waals surface area contributed by atoms with Crippen LogP contribution in [-0.4, -0.2) is 11.1 Å². The third-order valence-electron chi connectivity index (χ3n) is 3.87. The Morgan fingerprint density at radius 1 is 1.44 bits per heavy atom. The van der Waals surface area contributed by atoms with Crippen molar-refractivity contribution in [3.63, 3.8) is 0 Å². The van der Waals surface area contributed by atoms with Gasteiger partial charge in [0.15, 0.2) is 0 Å². The van der Waals surface area contributed by atoms with Gasteiger partial charge in [-0.2, -0.15) is 0 Å². The van der Waals surface area contributed by atoms with Crippen molar-refractivity contribution in [1.29, 1.82) is 0 Å². The van der Waals surface area contributed by atoms with Crippen molar-refractivity contribution in [2.45, 2.75) is 58.8 Å². The summed E-state index contributed by atoms with van der Waals surface area (Å²) in [5.74, 6) is -0.395. The molecule has 1 rings (SSSR count). The Morgan fingerprint density at radius 2 is 2.19 bits per heavy atom. The quantitative estimate of drug-likeness (QED) is 0.546. The molecular formula is C14H24O2. The number of hydrogen-bond donors (Lipinski definition) is 1. The summed E-state index contributed by atoms with van der Waals surface area (Å²) in [6, 6.07) is 0. The minimum Gasteiger partial charge on any atom is -0.481 e. The molecule has 0 amide bonds. The monoisotopic (exact) mass is 224 g/mol. The van der Waals surface area contributed by atoms with Crippen molar-refractivity contribution in [2.75, 3.05) is 0 Å². The number of carboxylic acid groups (broad SMARTS) is 1. The molecule has 2 unspecified atom stereocenters. The van der Waals surface area contributed by atoms with Crippen molar-refractivity contribution >= 4 is 5.97 Å². The highest BCUT2D eigenvalue weighted by Crippen LogP contribution is 2.40. The first-order valence-corrected chi connectivity index (χ1v) is 6.51. The van der Waals surface area contributed by atoms with Gasteiger partial charge in [-0.05, 0) is 32.1 Å². The molecule has 0 aromatic rings. The Kier molecular flexibility index (Phi) is 5.04. The van der Waals surface area contributed by atoms with E-state index >= 15 is 0 Å². The molecule has 16 heavy (non-hydrogen) atoms. The largest absolute Gasteiger partial charge is 0.481 e. The Hall–Kier alpha value is -0.790. The lowest BCUT2D eigenvalue weighted by atomic mass is 9.69. The van der Waals surface area contributed by atoms with Crippen molar-refractivity contribution in [1.82, 2.24) is 0 Å². The topological polar surface area (TPSA) is 37.3 Å². The zero-order valence-corrected chi connectivity index (χ0v) is 10.5. The second kappa shape index (κ2) is 6.07. The Bertz CT molecular complexity index is 257. The standard InChI is InChI=1S/C14H24O2/c1-3-4-5-6-9-12-10-7-8-11-14(12,2)13(15)16/h7,10,12H,3-6,8-9,11H2,1-2H3,(H,15,16). The van der Waals surface area contributed by atoms with Gasteiger partial charge >= 0.3 is 5.97 Å². The van der Waals surface area contributed by atoms with E-state index in [2.05, 4.69) is 19.1 Å². The molecule has 0 fully saturated rings. The van der Waals surface area contributed by atoms with Crippen molar-refractivity contribution in [3.05, 3.63) is 12.2 Å². The molecule has 1 aliphatic carbocycles. The first kappa shape index (κ1) is 13.3. The highest BCUT2D eigenvalue weighted by molar-refractivity contribution is 5.75. The number of allylic oxidation sites excluding steroid dienone is 2. The van der Waals surface area contributed by atoms with E-state index < -0.39 is 11.4 Å². The maximum atomic E-state index is 11.3. The summed E-state index contributed by atoms with van der Waals surface area (Å²) in [5.41, 5.74) is -0.527. The van der Waals surface area contributed by atoms with Crippen LogP contribution in [0.15, 0.2) is 12.2 Å². The molecule has 2 atom stereocenters. The molecule has 0 saturated heterocycles. The average Bonchev–Trinajstić information content (AvgIpc) is 2.26. The minimum absolute atomic E-state index is 0.232. The van der Waals surface area contributed by atoms with Crippen LogP contribution in [0.5, 0.6) is 0 Å². The molecule has 2 heteroatoms. The predicted molar refractivity (Wildman–Crippen MR) is 66.4 cm³/mol. The van der Waals surface area contributed by atoms with E-state index in [1.54, 1.807) is 0 Å².